The number of anilines is 1. The largest absolute Gasteiger partial charge is 0.491 e. The van der Waals surface area contributed by atoms with Crippen molar-refractivity contribution < 1.29 is 14.3 Å². The highest BCUT2D eigenvalue weighted by atomic mass is 16.5. The van der Waals surface area contributed by atoms with E-state index in [1.165, 1.54) is 7.11 Å². The van der Waals surface area contributed by atoms with Crippen molar-refractivity contribution >= 4 is 22.4 Å². The summed E-state index contributed by atoms with van der Waals surface area (Å²) in [6.45, 7) is 3.58. The predicted octanol–water partition coefficient (Wildman–Crippen LogP) is 2.48. The smallest absolute Gasteiger partial charge is 0.244 e. The molecule has 0 aliphatic carbocycles. The van der Waals surface area contributed by atoms with Crippen molar-refractivity contribution in [2.24, 2.45) is 0 Å². The maximum absolute atomic E-state index is 12.9. The number of carbonyl (C=O) groups is 1. The molecule has 2 aromatic carbocycles. The number of morpholine rings is 1. The minimum absolute atomic E-state index is 0.0829. The van der Waals surface area contributed by atoms with Crippen molar-refractivity contribution in [2.45, 2.75) is 13.1 Å². The Kier molecular flexibility index (Phi) is 6.11. The van der Waals surface area contributed by atoms with Crippen LogP contribution < -0.4 is 15.5 Å². The molecule has 1 amide bonds. The monoisotopic (exact) mass is 407 g/mol. The third-order valence-electron chi connectivity index (χ3n) is 5.27. The van der Waals surface area contributed by atoms with Crippen LogP contribution in [0, 0.1) is 0 Å². The molecule has 1 saturated heterocycles. The summed E-state index contributed by atoms with van der Waals surface area (Å²) in [7, 11) is 1.46. The topological polar surface area (TPSA) is 72.8 Å². The van der Waals surface area contributed by atoms with E-state index in [-0.39, 0.29) is 23.6 Å². The minimum Gasteiger partial charge on any atom is -0.491 e. The number of carbonyl (C=O) groups excluding carboxylic acids is 1. The zero-order chi connectivity index (χ0) is 20.9. The van der Waals surface area contributed by atoms with Crippen LogP contribution in [-0.4, -0.2) is 48.8 Å². The minimum atomic E-state index is -0.188. The number of pyridine rings is 1. The third kappa shape index (κ3) is 4.53. The lowest BCUT2D eigenvalue weighted by atomic mass is 10.1. The van der Waals surface area contributed by atoms with E-state index in [1.54, 1.807) is 16.8 Å². The van der Waals surface area contributed by atoms with Crippen LogP contribution in [0.1, 0.15) is 5.69 Å². The lowest BCUT2D eigenvalue weighted by Gasteiger charge is -2.27. The molecule has 7 heteroatoms. The summed E-state index contributed by atoms with van der Waals surface area (Å²) in [6.07, 6.45) is 1.61. The predicted molar refractivity (Wildman–Crippen MR) is 116 cm³/mol. The highest BCUT2D eigenvalue weighted by Gasteiger charge is 2.16. The molecule has 1 aromatic heterocycles. The van der Waals surface area contributed by atoms with Crippen LogP contribution in [0.25, 0.3) is 10.8 Å². The van der Waals surface area contributed by atoms with Gasteiger partial charge in [0, 0.05) is 42.5 Å². The molecular formula is C23H25N3O4. The van der Waals surface area contributed by atoms with Gasteiger partial charge in [0.15, 0.2) is 5.75 Å². The second kappa shape index (κ2) is 9.11. The zero-order valence-electron chi connectivity index (χ0n) is 17.0. The van der Waals surface area contributed by atoms with E-state index >= 15 is 0 Å². The number of fused-ring (bicyclic) bond motifs is 1. The molecule has 1 aliphatic heterocycles. The number of benzene rings is 2. The molecule has 2 heterocycles. The van der Waals surface area contributed by atoms with E-state index in [0.29, 0.717) is 19.8 Å². The van der Waals surface area contributed by atoms with Gasteiger partial charge in [0.2, 0.25) is 11.3 Å². The maximum atomic E-state index is 12.9. The highest BCUT2D eigenvalue weighted by molar-refractivity contribution is 6.02. The number of aromatic nitrogens is 1. The Morgan fingerprint density at radius 2 is 1.90 bits per heavy atom. The molecule has 3 aromatic rings. The SMILES string of the molecule is COc1cn(CC(=O)Nc2cccc3ccccc23)c(CN2CCOCC2)cc1=O. The quantitative estimate of drug-likeness (QED) is 0.680. The van der Waals surface area contributed by atoms with E-state index < -0.39 is 0 Å². The first kappa shape index (κ1) is 20.1. The molecule has 7 nitrogen and oxygen atoms in total. The van der Waals surface area contributed by atoms with E-state index in [9.17, 15) is 9.59 Å². The van der Waals surface area contributed by atoms with Gasteiger partial charge in [-0.1, -0.05) is 36.4 Å². The Balaban J connectivity index is 1.57. The van der Waals surface area contributed by atoms with Crippen LogP contribution in [0.4, 0.5) is 5.69 Å². The molecule has 0 radical (unpaired) electrons. The molecular weight excluding hydrogens is 382 g/mol. The molecule has 0 unspecified atom stereocenters. The Hall–Kier alpha value is -3.16. The number of nitrogens with one attached hydrogen (secondary N) is 1. The number of ether oxygens (including phenoxy) is 2. The van der Waals surface area contributed by atoms with E-state index in [1.807, 2.05) is 42.5 Å². The second-order valence-corrected chi connectivity index (χ2v) is 7.29. The fourth-order valence-electron chi connectivity index (χ4n) is 3.70. The van der Waals surface area contributed by atoms with Crippen LogP contribution in [0.3, 0.4) is 0 Å². The lowest BCUT2D eigenvalue weighted by molar-refractivity contribution is -0.116. The molecule has 1 fully saturated rings. The highest BCUT2D eigenvalue weighted by Crippen LogP contribution is 2.23. The summed E-state index contributed by atoms with van der Waals surface area (Å²) in [5.41, 5.74) is 1.35. The molecule has 156 valence electrons. The van der Waals surface area contributed by atoms with Gasteiger partial charge in [-0.25, -0.2) is 0 Å². The first-order chi connectivity index (χ1) is 14.6. The summed E-state index contributed by atoms with van der Waals surface area (Å²) in [4.78, 5) is 27.4. The van der Waals surface area contributed by atoms with Gasteiger partial charge in [-0.15, -0.1) is 0 Å². The van der Waals surface area contributed by atoms with Gasteiger partial charge in [-0.3, -0.25) is 14.5 Å². The molecule has 0 bridgehead atoms. The van der Waals surface area contributed by atoms with Crippen molar-refractivity contribution in [1.29, 1.82) is 0 Å². The van der Waals surface area contributed by atoms with Gasteiger partial charge < -0.3 is 19.4 Å². The second-order valence-electron chi connectivity index (χ2n) is 7.29. The standard InChI is InChI=1S/C23H25N3O4/c1-29-22-15-26(18(13-21(22)27)14-25-9-11-30-12-10-25)16-23(28)24-20-8-4-6-17-5-2-3-7-19(17)20/h2-8,13,15H,9-12,14,16H2,1H3,(H,24,28). The molecule has 1 N–H and O–H groups in total. The van der Waals surface area contributed by atoms with Crippen LogP contribution in [0.5, 0.6) is 5.75 Å². The van der Waals surface area contributed by atoms with Gasteiger partial charge in [-0.05, 0) is 11.5 Å². The summed E-state index contributed by atoms with van der Waals surface area (Å²) < 4.78 is 12.4. The van der Waals surface area contributed by atoms with Crippen LogP contribution in [0.15, 0.2) is 59.5 Å². The van der Waals surface area contributed by atoms with Crippen LogP contribution >= 0.6 is 0 Å². The molecule has 1 aliphatic rings. The number of nitrogens with zero attached hydrogens (tertiary/aromatic N) is 2. The number of hydrogen-bond donors (Lipinski definition) is 1. The summed E-state index contributed by atoms with van der Waals surface area (Å²) >= 11 is 0. The van der Waals surface area contributed by atoms with Crippen molar-refractivity contribution in [3.63, 3.8) is 0 Å². The van der Waals surface area contributed by atoms with E-state index in [4.69, 9.17) is 9.47 Å². The van der Waals surface area contributed by atoms with E-state index in [0.717, 1.165) is 35.2 Å². The molecule has 0 atom stereocenters. The summed E-state index contributed by atoms with van der Waals surface area (Å²) in [5.74, 6) is 0.0546. The molecule has 0 spiro atoms. The Bertz CT molecular complexity index is 1100. The van der Waals surface area contributed by atoms with Gasteiger partial charge in [-0.2, -0.15) is 0 Å². The molecule has 0 saturated carbocycles. The van der Waals surface area contributed by atoms with Gasteiger partial charge in [0.05, 0.1) is 26.5 Å². The number of hydrogen-bond acceptors (Lipinski definition) is 5. The normalized spacial score (nSPS) is 14.6. The van der Waals surface area contributed by atoms with Crippen molar-refractivity contribution in [3.8, 4) is 5.75 Å². The van der Waals surface area contributed by atoms with Crippen LogP contribution in [-0.2, 0) is 22.6 Å². The van der Waals surface area contributed by atoms with Crippen molar-refractivity contribution in [3.05, 3.63) is 70.6 Å². The molecule has 4 rings (SSSR count). The van der Waals surface area contributed by atoms with Crippen molar-refractivity contribution in [1.82, 2.24) is 9.47 Å². The van der Waals surface area contributed by atoms with Gasteiger partial charge in [0.1, 0.15) is 6.54 Å². The fraction of sp³-hybridized carbons (Fsp3) is 0.304. The van der Waals surface area contributed by atoms with Gasteiger partial charge in [0.25, 0.3) is 0 Å². The average molecular weight is 407 g/mol. The maximum Gasteiger partial charge on any atom is 0.244 e. The first-order valence-electron chi connectivity index (χ1n) is 9.99. The van der Waals surface area contributed by atoms with E-state index in [2.05, 4.69) is 10.2 Å². The number of rotatable bonds is 6. The summed E-state index contributed by atoms with van der Waals surface area (Å²) in [6, 6.07) is 15.3. The number of amides is 1. The number of methoxy groups -OCH3 is 1. The lowest BCUT2D eigenvalue weighted by Crippen LogP contribution is -2.37. The Morgan fingerprint density at radius 1 is 1.13 bits per heavy atom. The summed E-state index contributed by atoms with van der Waals surface area (Å²) in [5, 5.41) is 5.05. The third-order valence-corrected chi connectivity index (χ3v) is 5.27. The van der Waals surface area contributed by atoms with Crippen molar-refractivity contribution in [2.75, 3.05) is 38.7 Å². The Labute approximate surface area is 174 Å². The Morgan fingerprint density at radius 3 is 2.70 bits per heavy atom. The first-order valence-corrected chi connectivity index (χ1v) is 9.99. The average Bonchev–Trinajstić information content (AvgIpc) is 2.76. The molecule has 30 heavy (non-hydrogen) atoms. The van der Waals surface area contributed by atoms with Crippen LogP contribution in [0.2, 0.25) is 0 Å². The fourth-order valence-corrected chi connectivity index (χ4v) is 3.70. The van der Waals surface area contributed by atoms with Gasteiger partial charge >= 0.3 is 0 Å². The zero-order valence-corrected chi connectivity index (χ0v) is 17.0.